The highest BCUT2D eigenvalue weighted by molar-refractivity contribution is 9.10. The van der Waals surface area contributed by atoms with E-state index in [1.54, 1.807) is 0 Å². The van der Waals surface area contributed by atoms with Gasteiger partial charge in [-0.2, -0.15) is 0 Å². The molecule has 0 saturated heterocycles. The average molecular weight is 346 g/mol. The van der Waals surface area contributed by atoms with Crippen LogP contribution in [0.5, 0.6) is 0 Å². The number of amides is 1. The van der Waals surface area contributed by atoms with Gasteiger partial charge in [0.2, 0.25) is 0 Å². The third-order valence-corrected chi connectivity index (χ3v) is 4.09. The Morgan fingerprint density at radius 1 is 1.14 bits per heavy atom. The van der Waals surface area contributed by atoms with Crippen molar-refractivity contribution in [3.05, 3.63) is 69.7 Å². The lowest BCUT2D eigenvalue weighted by molar-refractivity contribution is 0.0689. The summed E-state index contributed by atoms with van der Waals surface area (Å²) in [7, 11) is 0. The molecule has 0 saturated carbocycles. The molecule has 0 heterocycles. The normalized spacial score (nSPS) is 10.7. The monoisotopic (exact) mass is 345 g/mol. The molecule has 0 bridgehead atoms. The second-order valence-corrected chi connectivity index (χ2v) is 6.35. The van der Waals surface area contributed by atoms with Crippen molar-refractivity contribution in [1.82, 2.24) is 4.90 Å². The summed E-state index contributed by atoms with van der Waals surface area (Å²) in [6, 6.07) is 16.1. The molecule has 21 heavy (non-hydrogen) atoms. The van der Waals surface area contributed by atoms with Crippen LogP contribution in [0.4, 0.5) is 0 Å². The Hall–Kier alpha value is -1.61. The Kier molecular flexibility index (Phi) is 5.18. The Balaban J connectivity index is 2.27. The molecule has 1 amide bonds. The van der Waals surface area contributed by atoms with Crippen molar-refractivity contribution in [3.8, 4) is 0 Å². The van der Waals surface area contributed by atoms with Gasteiger partial charge in [0.1, 0.15) is 0 Å². The number of benzene rings is 2. The summed E-state index contributed by atoms with van der Waals surface area (Å²) in [6.45, 7) is 6.73. The van der Waals surface area contributed by atoms with Crippen LogP contribution in [0.3, 0.4) is 0 Å². The van der Waals surface area contributed by atoms with Gasteiger partial charge in [-0.05, 0) is 60.0 Å². The lowest BCUT2D eigenvalue weighted by Gasteiger charge is -2.27. The Labute approximate surface area is 134 Å². The van der Waals surface area contributed by atoms with Gasteiger partial charge >= 0.3 is 0 Å². The molecule has 0 N–H and O–H groups in total. The van der Waals surface area contributed by atoms with Crippen LogP contribution in [0.2, 0.25) is 0 Å². The summed E-state index contributed by atoms with van der Waals surface area (Å²) in [6.07, 6.45) is 0. The van der Waals surface area contributed by atoms with E-state index in [1.807, 2.05) is 74.2 Å². The first-order valence-electron chi connectivity index (χ1n) is 7.10. The van der Waals surface area contributed by atoms with Crippen LogP contribution >= 0.6 is 15.9 Å². The zero-order valence-corrected chi connectivity index (χ0v) is 14.2. The molecule has 0 aliphatic carbocycles. The first-order valence-corrected chi connectivity index (χ1v) is 7.89. The van der Waals surface area contributed by atoms with Crippen molar-refractivity contribution in [2.24, 2.45) is 0 Å². The molecule has 2 aromatic rings. The summed E-state index contributed by atoms with van der Waals surface area (Å²) in [4.78, 5) is 14.7. The number of halogens is 1. The molecule has 2 nitrogen and oxygen atoms in total. The molecule has 0 aliphatic heterocycles. The van der Waals surface area contributed by atoms with Gasteiger partial charge in [0.15, 0.2) is 0 Å². The smallest absolute Gasteiger partial charge is 0.255 e. The summed E-state index contributed by atoms with van der Waals surface area (Å²) in [5.74, 6) is 0.0562. The number of carbonyl (C=O) groups is 1. The largest absolute Gasteiger partial charge is 0.332 e. The fraction of sp³-hybridized carbons (Fsp3) is 0.278. The predicted octanol–water partition coefficient (Wildman–Crippen LogP) is 4.81. The van der Waals surface area contributed by atoms with Crippen LogP contribution in [0, 0.1) is 6.92 Å². The van der Waals surface area contributed by atoms with Gasteiger partial charge in [0.05, 0.1) is 5.56 Å². The highest BCUT2D eigenvalue weighted by Gasteiger charge is 2.21. The highest BCUT2D eigenvalue weighted by atomic mass is 79.9. The molecular weight excluding hydrogens is 326 g/mol. The van der Waals surface area contributed by atoms with E-state index < -0.39 is 0 Å². The van der Waals surface area contributed by atoms with Crippen molar-refractivity contribution in [3.63, 3.8) is 0 Å². The van der Waals surface area contributed by atoms with E-state index in [0.717, 1.165) is 15.6 Å². The van der Waals surface area contributed by atoms with Gasteiger partial charge in [0, 0.05) is 17.1 Å². The maximum Gasteiger partial charge on any atom is 0.255 e. The minimum Gasteiger partial charge on any atom is -0.332 e. The van der Waals surface area contributed by atoms with E-state index in [0.29, 0.717) is 12.1 Å². The summed E-state index contributed by atoms with van der Waals surface area (Å²) in [5, 5.41) is 0. The molecule has 3 heteroatoms. The molecule has 110 valence electrons. The quantitative estimate of drug-likeness (QED) is 0.778. The maximum absolute atomic E-state index is 12.8. The van der Waals surface area contributed by atoms with E-state index in [-0.39, 0.29) is 11.9 Å². The van der Waals surface area contributed by atoms with Crippen LogP contribution in [0.25, 0.3) is 0 Å². The van der Waals surface area contributed by atoms with Gasteiger partial charge in [0.25, 0.3) is 5.91 Å². The number of hydrogen-bond donors (Lipinski definition) is 0. The van der Waals surface area contributed by atoms with Crippen molar-refractivity contribution >= 4 is 21.8 Å². The summed E-state index contributed by atoms with van der Waals surface area (Å²) in [5.41, 5.74) is 2.99. The second kappa shape index (κ2) is 6.90. The topological polar surface area (TPSA) is 20.3 Å². The Morgan fingerprint density at radius 3 is 2.38 bits per heavy atom. The van der Waals surface area contributed by atoms with Crippen LogP contribution < -0.4 is 0 Å². The Bertz CT molecular complexity index is 622. The average Bonchev–Trinajstić information content (AvgIpc) is 2.45. The first kappa shape index (κ1) is 15.8. The van der Waals surface area contributed by atoms with Crippen molar-refractivity contribution < 1.29 is 4.79 Å². The maximum atomic E-state index is 12.8. The number of hydrogen-bond acceptors (Lipinski definition) is 1. The fourth-order valence-electron chi connectivity index (χ4n) is 2.22. The summed E-state index contributed by atoms with van der Waals surface area (Å²) < 4.78 is 0.853. The second-order valence-electron chi connectivity index (χ2n) is 5.50. The van der Waals surface area contributed by atoms with Crippen LogP contribution in [0.1, 0.15) is 35.3 Å². The lowest BCUT2D eigenvalue weighted by atomic mass is 10.1. The molecule has 2 aromatic carbocycles. The molecular formula is C18H20BrNO. The third kappa shape index (κ3) is 3.94. The zero-order valence-electron chi connectivity index (χ0n) is 12.6. The molecule has 0 aliphatic rings. The molecule has 0 aromatic heterocycles. The van der Waals surface area contributed by atoms with E-state index >= 15 is 0 Å². The van der Waals surface area contributed by atoms with Crippen molar-refractivity contribution in [2.45, 2.75) is 33.4 Å². The SMILES string of the molecule is Cc1ccc(C(=O)N(Cc2ccccc2)C(C)C)c(Br)c1. The third-order valence-electron chi connectivity index (χ3n) is 3.43. The predicted molar refractivity (Wildman–Crippen MR) is 90.3 cm³/mol. The molecule has 0 unspecified atom stereocenters. The molecule has 0 spiro atoms. The zero-order chi connectivity index (χ0) is 15.4. The van der Waals surface area contributed by atoms with Crippen molar-refractivity contribution in [2.75, 3.05) is 0 Å². The van der Waals surface area contributed by atoms with E-state index in [4.69, 9.17) is 0 Å². The first-order chi connectivity index (χ1) is 9.99. The van der Waals surface area contributed by atoms with Gasteiger partial charge in [-0.1, -0.05) is 36.4 Å². The Morgan fingerprint density at radius 2 is 1.81 bits per heavy atom. The number of rotatable bonds is 4. The van der Waals surface area contributed by atoms with E-state index in [2.05, 4.69) is 15.9 Å². The number of nitrogens with zero attached hydrogens (tertiary/aromatic N) is 1. The van der Waals surface area contributed by atoms with Crippen LogP contribution in [-0.2, 0) is 6.54 Å². The standard InChI is InChI=1S/C18H20BrNO/c1-13(2)20(12-15-7-5-4-6-8-15)18(21)16-10-9-14(3)11-17(16)19/h4-11,13H,12H2,1-3H3. The summed E-state index contributed by atoms with van der Waals surface area (Å²) >= 11 is 3.50. The van der Waals surface area contributed by atoms with Gasteiger partial charge in [-0.15, -0.1) is 0 Å². The van der Waals surface area contributed by atoms with Crippen LogP contribution in [-0.4, -0.2) is 16.8 Å². The van der Waals surface area contributed by atoms with Gasteiger partial charge in [-0.25, -0.2) is 0 Å². The fourth-order valence-corrected chi connectivity index (χ4v) is 2.88. The lowest BCUT2D eigenvalue weighted by Crippen LogP contribution is -2.36. The minimum atomic E-state index is 0.0562. The molecule has 0 fully saturated rings. The molecule has 0 radical (unpaired) electrons. The van der Waals surface area contributed by atoms with Crippen LogP contribution in [0.15, 0.2) is 53.0 Å². The number of aryl methyl sites for hydroxylation is 1. The number of carbonyl (C=O) groups excluding carboxylic acids is 1. The molecule has 2 rings (SSSR count). The van der Waals surface area contributed by atoms with E-state index in [9.17, 15) is 4.79 Å². The van der Waals surface area contributed by atoms with Gasteiger partial charge < -0.3 is 4.90 Å². The highest BCUT2D eigenvalue weighted by Crippen LogP contribution is 2.22. The van der Waals surface area contributed by atoms with E-state index in [1.165, 1.54) is 0 Å². The van der Waals surface area contributed by atoms with Crippen molar-refractivity contribution in [1.29, 1.82) is 0 Å². The minimum absolute atomic E-state index is 0.0562. The van der Waals surface area contributed by atoms with Gasteiger partial charge in [-0.3, -0.25) is 4.79 Å². The molecule has 0 atom stereocenters.